The molecule has 0 radical (unpaired) electrons. The number of hydrogen-bond donors (Lipinski definition) is 0. The molecule has 0 atom stereocenters. The van der Waals surface area contributed by atoms with E-state index in [9.17, 15) is 4.79 Å². The first kappa shape index (κ1) is 12.1. The van der Waals surface area contributed by atoms with E-state index in [1.54, 1.807) is 20.3 Å². The summed E-state index contributed by atoms with van der Waals surface area (Å²) in [6.07, 6.45) is 3.96. The number of carbonyl (C=O) groups excluding carboxylic acids is 1. The Hall–Kier alpha value is -0.870. The van der Waals surface area contributed by atoms with E-state index in [4.69, 9.17) is 14.2 Å². The topological polar surface area (TPSA) is 44.8 Å². The Morgan fingerprint density at radius 2 is 2.00 bits per heavy atom. The average Bonchev–Trinajstić information content (AvgIpc) is 2.11. The highest BCUT2D eigenvalue weighted by Gasteiger charge is 1.96. The van der Waals surface area contributed by atoms with Gasteiger partial charge in [0.2, 0.25) is 0 Å². The van der Waals surface area contributed by atoms with Crippen LogP contribution in [0.15, 0.2) is 12.2 Å². The summed E-state index contributed by atoms with van der Waals surface area (Å²) in [7, 11) is 3.12. The molecule has 0 aromatic carbocycles. The first-order chi connectivity index (χ1) is 6.20. The van der Waals surface area contributed by atoms with E-state index >= 15 is 0 Å². The molecule has 13 heavy (non-hydrogen) atoms. The summed E-state index contributed by atoms with van der Waals surface area (Å²) in [4.78, 5) is 10.4. The summed E-state index contributed by atoms with van der Waals surface area (Å²) in [5, 5.41) is 0. The molecule has 0 spiro atoms. The summed E-state index contributed by atoms with van der Waals surface area (Å²) in [5.41, 5.74) is 0. The third-order valence-corrected chi connectivity index (χ3v) is 1.35. The largest absolute Gasteiger partial charge is 0.466 e. The van der Waals surface area contributed by atoms with Crippen molar-refractivity contribution in [1.29, 1.82) is 0 Å². The molecule has 0 heterocycles. The molecule has 0 saturated heterocycles. The zero-order valence-electron chi connectivity index (χ0n) is 8.28. The van der Waals surface area contributed by atoms with E-state index in [0.717, 1.165) is 0 Å². The summed E-state index contributed by atoms with van der Waals surface area (Å²) >= 11 is 0. The number of rotatable bonds is 6. The number of ether oxygens (including phenoxy) is 3. The fourth-order valence-electron chi connectivity index (χ4n) is 0.731. The second-order valence-corrected chi connectivity index (χ2v) is 2.40. The highest BCUT2D eigenvalue weighted by molar-refractivity contribution is 5.65. The van der Waals surface area contributed by atoms with Gasteiger partial charge in [-0.2, -0.15) is 0 Å². The van der Waals surface area contributed by atoms with E-state index in [1.165, 1.54) is 6.92 Å². The lowest BCUT2D eigenvalue weighted by atomic mass is 10.4. The van der Waals surface area contributed by atoms with Gasteiger partial charge in [0, 0.05) is 21.1 Å². The minimum Gasteiger partial charge on any atom is -0.466 e. The van der Waals surface area contributed by atoms with Gasteiger partial charge in [0.05, 0.1) is 6.61 Å². The van der Waals surface area contributed by atoms with Gasteiger partial charge in [-0.25, -0.2) is 0 Å². The van der Waals surface area contributed by atoms with Gasteiger partial charge in [-0.3, -0.25) is 4.79 Å². The standard InChI is InChI=1S/C9H16O4/c1-8(10)13-7-5-4-6-9(11-2)12-3/h4,6,9H,5,7H2,1-3H3. The maximum absolute atomic E-state index is 10.4. The van der Waals surface area contributed by atoms with Crippen molar-refractivity contribution >= 4 is 5.97 Å². The Bertz CT molecular complexity index is 161. The van der Waals surface area contributed by atoms with E-state index in [-0.39, 0.29) is 12.3 Å². The number of hydrogen-bond acceptors (Lipinski definition) is 4. The molecule has 0 aliphatic carbocycles. The Morgan fingerprint density at radius 3 is 2.46 bits per heavy atom. The zero-order valence-corrected chi connectivity index (χ0v) is 8.28. The van der Waals surface area contributed by atoms with Crippen molar-refractivity contribution in [2.75, 3.05) is 20.8 Å². The predicted molar refractivity (Wildman–Crippen MR) is 48.2 cm³/mol. The molecule has 0 saturated carbocycles. The van der Waals surface area contributed by atoms with Crippen LogP contribution in [0.1, 0.15) is 13.3 Å². The Labute approximate surface area is 78.5 Å². The van der Waals surface area contributed by atoms with Crippen LogP contribution in [0.3, 0.4) is 0 Å². The minimum absolute atomic E-state index is 0.261. The van der Waals surface area contributed by atoms with Gasteiger partial charge in [0.15, 0.2) is 6.29 Å². The molecule has 0 aromatic rings. The average molecular weight is 188 g/mol. The van der Waals surface area contributed by atoms with Crippen LogP contribution >= 0.6 is 0 Å². The molecule has 0 amide bonds. The summed E-state index contributed by atoms with van der Waals surface area (Å²) in [5.74, 6) is -0.261. The first-order valence-corrected chi connectivity index (χ1v) is 4.06. The van der Waals surface area contributed by atoms with Crippen molar-refractivity contribution in [3.63, 3.8) is 0 Å². The predicted octanol–water partition coefficient (Wildman–Crippen LogP) is 1.11. The van der Waals surface area contributed by atoms with Crippen LogP contribution in [0.25, 0.3) is 0 Å². The molecule has 0 bridgehead atoms. The molecule has 0 rings (SSSR count). The maximum atomic E-state index is 10.4. The molecule has 0 aromatic heterocycles. The summed E-state index contributed by atoms with van der Waals surface area (Å²) < 4.78 is 14.5. The molecule has 0 fully saturated rings. The van der Waals surface area contributed by atoms with Crippen molar-refractivity contribution in [2.45, 2.75) is 19.6 Å². The van der Waals surface area contributed by atoms with Crippen LogP contribution in [-0.4, -0.2) is 33.1 Å². The van der Waals surface area contributed by atoms with Crippen molar-refractivity contribution < 1.29 is 19.0 Å². The smallest absolute Gasteiger partial charge is 0.302 e. The normalized spacial score (nSPS) is 11.1. The lowest BCUT2D eigenvalue weighted by Crippen LogP contribution is -2.08. The molecule has 0 unspecified atom stereocenters. The van der Waals surface area contributed by atoms with E-state index in [2.05, 4.69) is 0 Å². The highest BCUT2D eigenvalue weighted by Crippen LogP contribution is 1.94. The second kappa shape index (κ2) is 7.76. The second-order valence-electron chi connectivity index (χ2n) is 2.40. The maximum Gasteiger partial charge on any atom is 0.302 e. The molecule has 0 aliphatic rings. The number of esters is 1. The van der Waals surface area contributed by atoms with Crippen LogP contribution in [0.4, 0.5) is 0 Å². The van der Waals surface area contributed by atoms with Crippen molar-refractivity contribution in [3.8, 4) is 0 Å². The lowest BCUT2D eigenvalue weighted by Gasteiger charge is -2.06. The van der Waals surface area contributed by atoms with Crippen LogP contribution in [-0.2, 0) is 19.0 Å². The van der Waals surface area contributed by atoms with Crippen molar-refractivity contribution in [2.24, 2.45) is 0 Å². The molecule has 0 N–H and O–H groups in total. The fraction of sp³-hybridized carbons (Fsp3) is 0.667. The van der Waals surface area contributed by atoms with Gasteiger partial charge in [-0.1, -0.05) is 6.08 Å². The molecule has 76 valence electrons. The van der Waals surface area contributed by atoms with Crippen LogP contribution in [0, 0.1) is 0 Å². The highest BCUT2D eigenvalue weighted by atomic mass is 16.7. The molecule has 4 heteroatoms. The monoisotopic (exact) mass is 188 g/mol. The third-order valence-electron chi connectivity index (χ3n) is 1.35. The molecule has 0 aliphatic heterocycles. The van der Waals surface area contributed by atoms with Gasteiger partial charge in [0.1, 0.15) is 0 Å². The van der Waals surface area contributed by atoms with Crippen LogP contribution in [0.5, 0.6) is 0 Å². The van der Waals surface area contributed by atoms with Gasteiger partial charge in [-0.15, -0.1) is 0 Å². The number of methoxy groups -OCH3 is 2. The first-order valence-electron chi connectivity index (χ1n) is 4.06. The summed E-state index contributed by atoms with van der Waals surface area (Å²) in [6.45, 7) is 1.78. The van der Waals surface area contributed by atoms with Gasteiger partial charge in [-0.05, 0) is 12.5 Å². The van der Waals surface area contributed by atoms with E-state index in [0.29, 0.717) is 13.0 Å². The van der Waals surface area contributed by atoms with Gasteiger partial charge < -0.3 is 14.2 Å². The van der Waals surface area contributed by atoms with E-state index < -0.39 is 0 Å². The quantitative estimate of drug-likeness (QED) is 0.271. The van der Waals surface area contributed by atoms with Crippen molar-refractivity contribution in [3.05, 3.63) is 12.2 Å². The van der Waals surface area contributed by atoms with E-state index in [1.807, 2.05) is 6.08 Å². The van der Waals surface area contributed by atoms with Crippen LogP contribution in [0.2, 0.25) is 0 Å². The Kier molecular flexibility index (Phi) is 7.24. The molecule has 4 nitrogen and oxygen atoms in total. The Morgan fingerprint density at radius 1 is 1.38 bits per heavy atom. The van der Waals surface area contributed by atoms with Crippen LogP contribution < -0.4 is 0 Å². The third kappa shape index (κ3) is 7.49. The fourth-order valence-corrected chi connectivity index (χ4v) is 0.731. The molecular weight excluding hydrogens is 172 g/mol. The Balaban J connectivity index is 3.44. The minimum atomic E-state index is -0.322. The lowest BCUT2D eigenvalue weighted by molar-refractivity contribution is -0.140. The van der Waals surface area contributed by atoms with Crippen molar-refractivity contribution in [1.82, 2.24) is 0 Å². The molecular formula is C9H16O4. The SMILES string of the molecule is COC(C=CCCOC(C)=O)OC. The van der Waals surface area contributed by atoms with Gasteiger partial charge in [0.25, 0.3) is 0 Å². The number of carbonyl (C=O) groups is 1. The summed E-state index contributed by atoms with van der Waals surface area (Å²) in [6, 6.07) is 0. The zero-order chi connectivity index (χ0) is 10.1. The van der Waals surface area contributed by atoms with Gasteiger partial charge >= 0.3 is 5.97 Å².